The SMILES string of the molecule is CCNC(=NCC(C)(C)c1cccc(F)c1)N1CCC(N2CC=CC2)C1.I. The van der Waals surface area contributed by atoms with Crippen molar-refractivity contribution in [2.75, 3.05) is 39.3 Å². The van der Waals surface area contributed by atoms with Crippen LogP contribution in [0.1, 0.15) is 32.8 Å². The van der Waals surface area contributed by atoms with E-state index in [-0.39, 0.29) is 35.2 Å². The smallest absolute Gasteiger partial charge is 0.193 e. The zero-order chi connectivity index (χ0) is 18.6. The number of hydrogen-bond donors (Lipinski definition) is 1. The molecule has 0 bridgehead atoms. The van der Waals surface area contributed by atoms with Crippen molar-refractivity contribution in [3.63, 3.8) is 0 Å². The summed E-state index contributed by atoms with van der Waals surface area (Å²) >= 11 is 0. The molecule has 0 spiro atoms. The summed E-state index contributed by atoms with van der Waals surface area (Å²) in [6, 6.07) is 7.47. The van der Waals surface area contributed by atoms with Crippen LogP contribution < -0.4 is 5.32 Å². The van der Waals surface area contributed by atoms with E-state index in [9.17, 15) is 4.39 Å². The van der Waals surface area contributed by atoms with Crippen molar-refractivity contribution in [2.45, 2.75) is 38.6 Å². The molecule has 2 aliphatic rings. The molecule has 150 valence electrons. The Labute approximate surface area is 179 Å². The first-order valence-electron chi connectivity index (χ1n) is 9.68. The van der Waals surface area contributed by atoms with E-state index in [0.717, 1.165) is 44.2 Å². The van der Waals surface area contributed by atoms with Crippen LogP contribution in [0.3, 0.4) is 0 Å². The third kappa shape index (κ3) is 5.67. The van der Waals surface area contributed by atoms with Gasteiger partial charge in [-0.05, 0) is 31.0 Å². The van der Waals surface area contributed by atoms with Gasteiger partial charge in [0, 0.05) is 44.2 Å². The van der Waals surface area contributed by atoms with Gasteiger partial charge in [0.25, 0.3) is 0 Å². The Hall–Kier alpha value is -1.15. The van der Waals surface area contributed by atoms with Crippen LogP contribution in [0.5, 0.6) is 0 Å². The maximum atomic E-state index is 13.6. The van der Waals surface area contributed by atoms with Gasteiger partial charge in [-0.2, -0.15) is 0 Å². The van der Waals surface area contributed by atoms with Crippen molar-refractivity contribution >= 4 is 29.9 Å². The number of hydrogen-bond acceptors (Lipinski definition) is 2. The maximum absolute atomic E-state index is 13.6. The summed E-state index contributed by atoms with van der Waals surface area (Å²) in [7, 11) is 0. The lowest BCUT2D eigenvalue weighted by atomic mass is 9.85. The molecular formula is C21H32FIN4. The van der Waals surface area contributed by atoms with Gasteiger partial charge in [-0.25, -0.2) is 4.39 Å². The molecule has 0 amide bonds. The summed E-state index contributed by atoms with van der Waals surface area (Å²) < 4.78 is 13.6. The largest absolute Gasteiger partial charge is 0.357 e. The summed E-state index contributed by atoms with van der Waals surface area (Å²) in [6.07, 6.45) is 5.69. The second kappa shape index (κ2) is 9.87. The topological polar surface area (TPSA) is 30.9 Å². The van der Waals surface area contributed by atoms with Gasteiger partial charge < -0.3 is 10.2 Å². The Balaban J connectivity index is 0.00000261. The molecule has 27 heavy (non-hydrogen) atoms. The van der Waals surface area contributed by atoms with Crippen molar-refractivity contribution in [1.29, 1.82) is 0 Å². The number of rotatable bonds is 5. The summed E-state index contributed by atoms with van der Waals surface area (Å²) in [5.74, 6) is 0.791. The number of guanidine groups is 1. The third-order valence-electron chi connectivity index (χ3n) is 5.39. The fourth-order valence-corrected chi connectivity index (χ4v) is 3.72. The molecular weight excluding hydrogens is 454 g/mol. The van der Waals surface area contributed by atoms with Gasteiger partial charge in [-0.3, -0.25) is 9.89 Å². The highest BCUT2D eigenvalue weighted by Gasteiger charge is 2.30. The highest BCUT2D eigenvalue weighted by atomic mass is 127. The molecule has 0 aliphatic carbocycles. The van der Waals surface area contributed by atoms with Crippen LogP contribution >= 0.6 is 24.0 Å². The van der Waals surface area contributed by atoms with Gasteiger partial charge in [0.1, 0.15) is 5.82 Å². The van der Waals surface area contributed by atoms with E-state index in [1.807, 2.05) is 6.07 Å². The fourth-order valence-electron chi connectivity index (χ4n) is 3.72. The van der Waals surface area contributed by atoms with Crippen molar-refractivity contribution < 1.29 is 4.39 Å². The molecule has 0 radical (unpaired) electrons. The van der Waals surface area contributed by atoms with E-state index in [4.69, 9.17) is 4.99 Å². The number of likely N-dealkylation sites (tertiary alicyclic amines) is 1. The van der Waals surface area contributed by atoms with E-state index in [1.165, 1.54) is 12.5 Å². The van der Waals surface area contributed by atoms with Crippen LogP contribution in [0.4, 0.5) is 4.39 Å². The number of benzene rings is 1. The van der Waals surface area contributed by atoms with Crippen LogP contribution in [-0.4, -0.2) is 61.1 Å². The lowest BCUT2D eigenvalue weighted by Gasteiger charge is -2.27. The monoisotopic (exact) mass is 486 g/mol. The van der Waals surface area contributed by atoms with E-state index >= 15 is 0 Å². The zero-order valence-electron chi connectivity index (χ0n) is 16.6. The van der Waals surface area contributed by atoms with Crippen LogP contribution in [0.15, 0.2) is 41.4 Å². The van der Waals surface area contributed by atoms with Gasteiger partial charge in [-0.1, -0.05) is 38.1 Å². The maximum Gasteiger partial charge on any atom is 0.193 e. The van der Waals surface area contributed by atoms with Crippen molar-refractivity contribution in [3.8, 4) is 0 Å². The van der Waals surface area contributed by atoms with Crippen molar-refractivity contribution in [3.05, 3.63) is 47.8 Å². The minimum atomic E-state index is -0.208. The van der Waals surface area contributed by atoms with Crippen molar-refractivity contribution in [1.82, 2.24) is 15.1 Å². The molecule has 1 saturated heterocycles. The van der Waals surface area contributed by atoms with E-state index < -0.39 is 0 Å². The van der Waals surface area contributed by atoms with Crippen LogP contribution in [0, 0.1) is 5.82 Å². The molecule has 2 heterocycles. The van der Waals surface area contributed by atoms with Crippen LogP contribution in [-0.2, 0) is 5.41 Å². The predicted octanol–water partition coefficient (Wildman–Crippen LogP) is 3.63. The first-order chi connectivity index (χ1) is 12.5. The third-order valence-corrected chi connectivity index (χ3v) is 5.39. The van der Waals surface area contributed by atoms with Gasteiger partial charge in [0.2, 0.25) is 0 Å². The van der Waals surface area contributed by atoms with E-state index in [1.54, 1.807) is 12.1 Å². The first-order valence-corrected chi connectivity index (χ1v) is 9.68. The van der Waals surface area contributed by atoms with Gasteiger partial charge in [0.05, 0.1) is 6.54 Å². The van der Waals surface area contributed by atoms with Crippen molar-refractivity contribution in [2.24, 2.45) is 4.99 Å². The number of aliphatic imine (C=N–C) groups is 1. The molecule has 2 aliphatic heterocycles. The lowest BCUT2D eigenvalue weighted by molar-refractivity contribution is 0.259. The van der Waals surface area contributed by atoms with E-state index in [0.29, 0.717) is 12.6 Å². The molecule has 1 aromatic rings. The van der Waals surface area contributed by atoms with Gasteiger partial charge in [0.15, 0.2) is 5.96 Å². The molecule has 1 fully saturated rings. The highest BCUT2D eigenvalue weighted by molar-refractivity contribution is 14.0. The molecule has 4 nitrogen and oxygen atoms in total. The standard InChI is InChI=1S/C21H31FN4.HI/c1-4-23-20(26-13-10-19(15-26)25-11-5-6-12-25)24-16-21(2,3)17-8-7-9-18(22)14-17;/h5-9,14,19H,4,10-13,15-16H2,1-3H3,(H,23,24);1H. The average molecular weight is 486 g/mol. The number of nitrogens with zero attached hydrogens (tertiary/aromatic N) is 3. The minimum absolute atomic E-state index is 0. The Kier molecular flexibility index (Phi) is 8.09. The lowest BCUT2D eigenvalue weighted by Crippen LogP contribution is -2.43. The Bertz CT molecular complexity index is 666. The summed E-state index contributed by atoms with van der Waals surface area (Å²) in [5, 5.41) is 3.44. The molecule has 0 aromatic heterocycles. The van der Waals surface area contributed by atoms with Gasteiger partial charge >= 0.3 is 0 Å². The molecule has 1 unspecified atom stereocenters. The second-order valence-electron chi connectivity index (χ2n) is 7.88. The Morgan fingerprint density at radius 1 is 1.30 bits per heavy atom. The summed E-state index contributed by atoms with van der Waals surface area (Å²) in [5.41, 5.74) is 0.778. The summed E-state index contributed by atoms with van der Waals surface area (Å²) in [6.45, 7) is 12.0. The number of halogens is 2. The molecule has 1 atom stereocenters. The summed E-state index contributed by atoms with van der Waals surface area (Å²) in [4.78, 5) is 9.81. The molecule has 0 saturated carbocycles. The normalized spacial score (nSPS) is 20.8. The molecule has 1 aromatic carbocycles. The molecule has 3 rings (SSSR count). The molecule has 1 N–H and O–H groups in total. The Morgan fingerprint density at radius 2 is 2.04 bits per heavy atom. The Morgan fingerprint density at radius 3 is 2.70 bits per heavy atom. The minimum Gasteiger partial charge on any atom is -0.357 e. The van der Waals surface area contributed by atoms with Crippen LogP contribution in [0.2, 0.25) is 0 Å². The fraction of sp³-hybridized carbons (Fsp3) is 0.571. The quantitative estimate of drug-likeness (QED) is 0.299. The van der Waals surface area contributed by atoms with Gasteiger partial charge in [-0.15, -0.1) is 24.0 Å². The second-order valence-corrected chi connectivity index (χ2v) is 7.88. The molecule has 6 heteroatoms. The number of nitrogens with one attached hydrogen (secondary N) is 1. The zero-order valence-corrected chi connectivity index (χ0v) is 18.9. The average Bonchev–Trinajstić information content (AvgIpc) is 3.29. The first kappa shape index (κ1) is 22.1. The van der Waals surface area contributed by atoms with E-state index in [2.05, 4.69) is 48.0 Å². The van der Waals surface area contributed by atoms with Crippen LogP contribution in [0.25, 0.3) is 0 Å². The highest BCUT2D eigenvalue weighted by Crippen LogP contribution is 2.25. The predicted molar refractivity (Wildman–Crippen MR) is 122 cm³/mol.